The Kier molecular flexibility index (Phi) is 7.51. The second-order valence-electron chi connectivity index (χ2n) is 6.54. The monoisotopic (exact) mass is 473 g/mol. The molecule has 1 atom stereocenters. The van der Waals surface area contributed by atoms with Crippen LogP contribution in [-0.2, 0) is 0 Å². The largest absolute Gasteiger partial charge is 0.483 e. The van der Waals surface area contributed by atoms with Gasteiger partial charge in [-0.3, -0.25) is 4.79 Å². The van der Waals surface area contributed by atoms with E-state index in [9.17, 15) is 18.0 Å². The van der Waals surface area contributed by atoms with E-state index in [2.05, 4.69) is 19.5 Å². The molecule has 1 unspecified atom stereocenters. The number of aromatic nitrogens is 1. The summed E-state index contributed by atoms with van der Waals surface area (Å²) in [5.74, 6) is -0.934. The van der Waals surface area contributed by atoms with Gasteiger partial charge < -0.3 is 26.9 Å². The zero-order valence-corrected chi connectivity index (χ0v) is 18.4. The van der Waals surface area contributed by atoms with Crippen LogP contribution < -0.4 is 26.8 Å². The highest BCUT2D eigenvalue weighted by atomic mass is 35.5. The number of carbonyl (C=O) groups excluding carboxylic acids is 1. The lowest BCUT2D eigenvalue weighted by Crippen LogP contribution is -2.30. The summed E-state index contributed by atoms with van der Waals surface area (Å²) in [6.07, 6.45) is -4.63. The highest BCUT2D eigenvalue weighted by Gasteiger charge is 2.30. The highest BCUT2D eigenvalue weighted by Crippen LogP contribution is 2.29. The van der Waals surface area contributed by atoms with E-state index in [-0.39, 0.29) is 33.7 Å². The third-order valence-corrected chi connectivity index (χ3v) is 4.72. The number of amides is 1. The molecule has 6 N–H and O–H groups in total. The van der Waals surface area contributed by atoms with Gasteiger partial charge in [0.15, 0.2) is 6.61 Å². The van der Waals surface area contributed by atoms with Crippen LogP contribution in [-0.4, -0.2) is 29.4 Å². The topological polar surface area (TPSA) is 127 Å². The number of halogens is 4. The van der Waals surface area contributed by atoms with Gasteiger partial charge in [-0.05, 0) is 42.9 Å². The molecule has 166 valence electrons. The van der Waals surface area contributed by atoms with Crippen LogP contribution in [0.25, 0.3) is 11.3 Å². The number of allylic oxidation sites excluding steroid dienone is 1. The summed E-state index contributed by atoms with van der Waals surface area (Å²) in [4.78, 5) is 17.0. The van der Waals surface area contributed by atoms with Crippen molar-refractivity contribution in [2.75, 3.05) is 12.3 Å². The van der Waals surface area contributed by atoms with Gasteiger partial charge >= 0.3 is 6.18 Å². The lowest BCUT2D eigenvalue weighted by molar-refractivity contribution is -0.153. The van der Waals surface area contributed by atoms with Gasteiger partial charge in [-0.15, -0.1) is 9.24 Å². The van der Waals surface area contributed by atoms with Gasteiger partial charge in [-0.1, -0.05) is 17.7 Å². The SMILES string of the molecule is CC(=N)/C(NC(=O)c1cc(P)c(-c2ccc(C)c(N)n2)cc1OCC(F)(F)F)=C(\N)Cl. The number of alkyl halides is 3. The van der Waals surface area contributed by atoms with Gasteiger partial charge in [0.2, 0.25) is 0 Å². The van der Waals surface area contributed by atoms with Crippen LogP contribution in [0, 0.1) is 12.3 Å². The van der Waals surface area contributed by atoms with E-state index >= 15 is 0 Å². The number of nitrogens with two attached hydrogens (primary N) is 2. The maximum absolute atomic E-state index is 12.8. The van der Waals surface area contributed by atoms with Crippen molar-refractivity contribution < 1.29 is 22.7 Å². The van der Waals surface area contributed by atoms with E-state index in [1.807, 2.05) is 0 Å². The Morgan fingerprint density at radius 3 is 2.52 bits per heavy atom. The third kappa shape index (κ3) is 6.32. The molecule has 0 radical (unpaired) electrons. The summed E-state index contributed by atoms with van der Waals surface area (Å²) in [5.41, 5.74) is 12.3. The minimum absolute atomic E-state index is 0.138. The third-order valence-electron chi connectivity index (χ3n) is 4.05. The molecule has 31 heavy (non-hydrogen) atoms. The average Bonchev–Trinajstić information content (AvgIpc) is 2.65. The number of benzene rings is 1. The quantitative estimate of drug-likeness (QED) is 0.291. The molecule has 1 heterocycles. The van der Waals surface area contributed by atoms with E-state index < -0.39 is 18.7 Å². The second-order valence-corrected chi connectivity index (χ2v) is 7.57. The molecule has 0 spiro atoms. The van der Waals surface area contributed by atoms with Crippen LogP contribution in [0.3, 0.4) is 0 Å². The zero-order valence-electron chi connectivity index (χ0n) is 16.5. The first-order chi connectivity index (χ1) is 14.3. The van der Waals surface area contributed by atoms with Crippen molar-refractivity contribution in [1.29, 1.82) is 5.41 Å². The fraction of sp³-hybridized carbons (Fsp3) is 0.211. The van der Waals surface area contributed by atoms with E-state index in [1.165, 1.54) is 19.1 Å². The number of hydrogen-bond acceptors (Lipinski definition) is 6. The first-order valence-corrected chi connectivity index (χ1v) is 9.64. The summed E-state index contributed by atoms with van der Waals surface area (Å²) in [6, 6.07) is 5.95. The minimum atomic E-state index is -4.63. The van der Waals surface area contributed by atoms with Crippen LogP contribution in [0.4, 0.5) is 19.0 Å². The molecular weight excluding hydrogens is 454 g/mol. The molecule has 0 aliphatic rings. The number of aryl methyl sites for hydroxylation is 1. The van der Waals surface area contributed by atoms with Crippen LogP contribution in [0.5, 0.6) is 5.75 Å². The molecule has 0 aliphatic heterocycles. The molecule has 0 fully saturated rings. The van der Waals surface area contributed by atoms with Gasteiger partial charge in [-0.25, -0.2) is 4.98 Å². The maximum Gasteiger partial charge on any atom is 0.422 e. The fourth-order valence-electron chi connectivity index (χ4n) is 2.48. The summed E-state index contributed by atoms with van der Waals surface area (Å²) < 4.78 is 43.2. The Hall–Kier alpha value is -2.84. The van der Waals surface area contributed by atoms with Crippen LogP contribution in [0.15, 0.2) is 35.1 Å². The summed E-state index contributed by atoms with van der Waals surface area (Å²) in [6.45, 7) is 1.48. The number of hydrogen-bond donors (Lipinski definition) is 4. The van der Waals surface area contributed by atoms with Crippen molar-refractivity contribution in [3.8, 4) is 17.0 Å². The number of nitrogens with zero attached hydrogens (tertiary/aromatic N) is 1. The molecule has 0 aliphatic carbocycles. The number of rotatable bonds is 6. The lowest BCUT2D eigenvalue weighted by atomic mass is 10.1. The normalized spacial score (nSPS) is 12.2. The van der Waals surface area contributed by atoms with Crippen LogP contribution in [0.2, 0.25) is 0 Å². The number of ether oxygens (including phenoxy) is 1. The van der Waals surface area contributed by atoms with Crippen molar-refractivity contribution in [1.82, 2.24) is 10.3 Å². The molecule has 2 rings (SSSR count). The summed E-state index contributed by atoms with van der Waals surface area (Å²) in [7, 11) is 2.39. The van der Waals surface area contributed by atoms with Crippen molar-refractivity contribution in [3.05, 3.63) is 46.2 Å². The Bertz CT molecular complexity index is 1070. The van der Waals surface area contributed by atoms with E-state index in [0.717, 1.165) is 5.56 Å². The Morgan fingerprint density at radius 2 is 2.00 bits per heavy atom. The van der Waals surface area contributed by atoms with Gasteiger partial charge in [0, 0.05) is 5.56 Å². The first kappa shape index (κ1) is 24.4. The average molecular weight is 474 g/mol. The maximum atomic E-state index is 12.8. The predicted octanol–water partition coefficient (Wildman–Crippen LogP) is 3.22. The van der Waals surface area contributed by atoms with Gasteiger partial charge in [-0.2, -0.15) is 13.2 Å². The summed E-state index contributed by atoms with van der Waals surface area (Å²) in [5, 5.41) is 10.1. The van der Waals surface area contributed by atoms with Crippen molar-refractivity contribution >= 4 is 43.6 Å². The molecule has 7 nitrogen and oxygen atoms in total. The molecule has 0 bridgehead atoms. The second kappa shape index (κ2) is 9.53. The van der Waals surface area contributed by atoms with Crippen molar-refractivity contribution in [2.45, 2.75) is 20.0 Å². The van der Waals surface area contributed by atoms with Crippen LogP contribution in [0.1, 0.15) is 22.8 Å². The van der Waals surface area contributed by atoms with Gasteiger partial charge in [0.25, 0.3) is 5.91 Å². The van der Waals surface area contributed by atoms with Crippen LogP contribution >= 0.6 is 20.8 Å². The minimum Gasteiger partial charge on any atom is -0.483 e. The number of pyridine rings is 1. The Labute approximate surface area is 183 Å². The Morgan fingerprint density at radius 1 is 1.35 bits per heavy atom. The van der Waals surface area contributed by atoms with Crippen molar-refractivity contribution in [3.63, 3.8) is 0 Å². The van der Waals surface area contributed by atoms with Gasteiger partial charge in [0.05, 0.1) is 22.7 Å². The fourth-order valence-corrected chi connectivity index (χ4v) is 3.07. The molecule has 1 amide bonds. The van der Waals surface area contributed by atoms with E-state index in [4.69, 9.17) is 33.2 Å². The molecule has 1 aromatic heterocycles. The standard InChI is InChI=1S/C19H20ClF3N5O2P/c1-8-3-4-12(27-17(8)26)10-5-13(30-7-19(21,22)23)11(6-14(10)31)18(29)28-15(9(2)24)16(20)25/h3-6,24H,7,25,31H2,1-2H3,(H2,26,27)(H,28,29)/b16-15+,24-9?. The van der Waals surface area contributed by atoms with Crippen molar-refractivity contribution in [2.24, 2.45) is 5.73 Å². The Balaban J connectivity index is 2.57. The van der Waals surface area contributed by atoms with Gasteiger partial charge in [0.1, 0.15) is 16.7 Å². The van der Waals surface area contributed by atoms with E-state index in [1.54, 1.807) is 19.1 Å². The lowest BCUT2D eigenvalue weighted by Gasteiger charge is -2.17. The molecule has 1 aromatic carbocycles. The smallest absolute Gasteiger partial charge is 0.422 e. The zero-order chi connectivity index (χ0) is 23.5. The molecule has 0 saturated carbocycles. The molecule has 0 saturated heterocycles. The molecular formula is C19H20ClF3N5O2P. The predicted molar refractivity (Wildman–Crippen MR) is 118 cm³/mol. The highest BCUT2D eigenvalue weighted by molar-refractivity contribution is 7.28. The molecule has 12 heteroatoms. The number of nitrogen functional groups attached to an aromatic ring is 1. The van der Waals surface area contributed by atoms with E-state index in [0.29, 0.717) is 16.6 Å². The number of carbonyl (C=O) groups is 1. The summed E-state index contributed by atoms with van der Waals surface area (Å²) >= 11 is 5.69. The number of anilines is 1. The number of nitrogens with one attached hydrogen (secondary N) is 2. The first-order valence-electron chi connectivity index (χ1n) is 8.69. The molecule has 2 aromatic rings.